The minimum Gasteiger partial charge on any atom is -0.448 e. The number of allylic oxidation sites excluding steroid dienone is 1. The van der Waals surface area contributed by atoms with E-state index in [0.29, 0.717) is 16.3 Å². The van der Waals surface area contributed by atoms with Crippen molar-refractivity contribution in [2.75, 3.05) is 18.2 Å². The van der Waals surface area contributed by atoms with Crippen molar-refractivity contribution in [2.24, 2.45) is 5.16 Å². The van der Waals surface area contributed by atoms with Crippen LogP contribution in [0.5, 0.6) is 0 Å². The van der Waals surface area contributed by atoms with Crippen molar-refractivity contribution in [3.63, 3.8) is 0 Å². The monoisotopic (exact) mass is 965 g/mol. The maximum Gasteiger partial charge on any atom is 0.534 e. The number of esters is 1. The fourth-order valence-corrected chi connectivity index (χ4v) is 10.0. The zero-order valence-electron chi connectivity index (χ0n) is 35.1. The first-order chi connectivity index (χ1) is 32.3. The minimum atomic E-state index is -6.04. The first kappa shape index (κ1) is 46.3. The summed E-state index contributed by atoms with van der Waals surface area (Å²) in [5.41, 5.74) is -3.41. The lowest BCUT2D eigenvalue weighted by Crippen LogP contribution is -2.71. The van der Waals surface area contributed by atoms with Crippen molar-refractivity contribution in [1.82, 2.24) is 15.2 Å². The molecule has 67 heavy (non-hydrogen) atoms. The van der Waals surface area contributed by atoms with Gasteiger partial charge in [-0.1, -0.05) is 157 Å². The number of benzene rings is 5. The van der Waals surface area contributed by atoms with E-state index in [-0.39, 0.29) is 34.7 Å². The molecule has 1 fully saturated rings. The Morgan fingerprint density at radius 1 is 0.821 bits per heavy atom. The van der Waals surface area contributed by atoms with E-state index in [9.17, 15) is 36.0 Å². The highest BCUT2D eigenvalue weighted by molar-refractivity contribution is 8.00. The van der Waals surface area contributed by atoms with Crippen LogP contribution in [0.3, 0.4) is 0 Å². The van der Waals surface area contributed by atoms with Gasteiger partial charge in [-0.15, -0.1) is 23.1 Å². The summed E-state index contributed by atoms with van der Waals surface area (Å²) in [4.78, 5) is 53.5. The number of thiazole rings is 1. The Morgan fingerprint density at radius 2 is 1.33 bits per heavy atom. The Hall–Kier alpha value is -7.22. The second-order valence-electron chi connectivity index (χ2n) is 14.8. The molecule has 8 rings (SSSR count). The third-order valence-electron chi connectivity index (χ3n) is 10.7. The van der Waals surface area contributed by atoms with Gasteiger partial charge in [-0.05, 0) is 39.5 Å². The summed E-state index contributed by atoms with van der Waals surface area (Å²) in [6.45, 7) is 0. The van der Waals surface area contributed by atoms with E-state index in [1.807, 2.05) is 91.0 Å². The van der Waals surface area contributed by atoms with Crippen LogP contribution in [0, 0.1) is 0 Å². The van der Waals surface area contributed by atoms with Gasteiger partial charge in [-0.2, -0.15) is 21.6 Å². The molecule has 13 nitrogen and oxygen atoms in total. The van der Waals surface area contributed by atoms with Crippen LogP contribution >= 0.6 is 23.1 Å². The lowest BCUT2D eigenvalue weighted by molar-refractivity contribution is -0.154. The molecule has 2 atom stereocenters. The molecule has 3 heterocycles. The summed E-state index contributed by atoms with van der Waals surface area (Å²) in [6.07, 6.45) is 0.120. The summed E-state index contributed by atoms with van der Waals surface area (Å²) in [6, 6.07) is 45.6. The number of hydrogen-bond donors (Lipinski definition) is 2. The molecule has 2 N–H and O–H groups in total. The van der Waals surface area contributed by atoms with Gasteiger partial charge >= 0.3 is 21.6 Å². The number of carbonyl (C=O) groups excluding carboxylic acids is 3. The predicted molar refractivity (Wildman–Crippen MR) is 247 cm³/mol. The first-order valence-corrected chi connectivity index (χ1v) is 23.6. The van der Waals surface area contributed by atoms with Crippen LogP contribution in [0.15, 0.2) is 186 Å². The predicted octanol–water partition coefficient (Wildman–Crippen LogP) is 8.26. The van der Waals surface area contributed by atoms with Crippen molar-refractivity contribution < 1.29 is 49.7 Å². The highest BCUT2D eigenvalue weighted by Gasteiger charge is 2.55. The number of oxime groups is 1. The lowest BCUT2D eigenvalue weighted by Gasteiger charge is -2.49. The number of amides is 2. The maximum atomic E-state index is 14.3. The molecule has 2 aliphatic rings. The van der Waals surface area contributed by atoms with E-state index in [4.69, 9.17) is 14.6 Å². The molecule has 2 amide bonds. The molecular weight excluding hydrogens is 928 g/mol. The number of thioether (sulfide) groups is 1. The lowest BCUT2D eigenvalue weighted by atomic mass is 9.77. The fraction of sp³-hybridized carbons (Fsp3) is 0.146. The van der Waals surface area contributed by atoms with Crippen LogP contribution in [0.25, 0.3) is 0 Å². The number of hydrogen-bond acceptors (Lipinski definition) is 13. The van der Waals surface area contributed by atoms with E-state index >= 15 is 0 Å². The number of alkyl halides is 3. The number of nitrogens with zero attached hydrogens (tertiary/aromatic N) is 3. The zero-order chi connectivity index (χ0) is 47.2. The third-order valence-corrected chi connectivity index (χ3v) is 13.7. The summed E-state index contributed by atoms with van der Waals surface area (Å²) in [5.74, 6) is -2.82. The van der Waals surface area contributed by atoms with Gasteiger partial charge in [0.05, 0.1) is 0 Å². The first-order valence-electron chi connectivity index (χ1n) is 20.3. The molecule has 0 saturated carbocycles. The Kier molecular flexibility index (Phi) is 13.6. The van der Waals surface area contributed by atoms with Crippen molar-refractivity contribution in [2.45, 2.75) is 28.6 Å². The molecule has 1 saturated heterocycles. The number of ether oxygens (including phenoxy) is 1. The van der Waals surface area contributed by atoms with Crippen LogP contribution in [0.4, 0.5) is 18.3 Å². The average molecular weight is 966 g/mol. The van der Waals surface area contributed by atoms with Gasteiger partial charge in [-0.3, -0.25) is 14.5 Å². The standard InChI is InChI=1S/C48H38F3N5O8S3/c1-62-55-38(37-30-66-46(52-37)54-47(34-21-11-4-12-22-34,35-23-13-5-14-24-35)36-25-15-6-16-26-36)42(57)53-39-43(58)56-40(33(29-65-44(39)56)27-28-63-67(60,61)48(49,50)51)45(59)64-41(31-17-7-2-8-18-31)32-19-9-3-10-20-32/h2-28,30,39,41,44H,29H2,1H3,(H,52,54)(H,53,57)/b28-27+,55-38+. The number of carbonyl (C=O) groups is 3. The molecule has 19 heteroatoms. The van der Waals surface area contributed by atoms with E-state index in [1.165, 1.54) is 18.4 Å². The Bertz CT molecular complexity index is 2810. The largest absolute Gasteiger partial charge is 0.534 e. The van der Waals surface area contributed by atoms with Gasteiger partial charge in [-0.25, -0.2) is 9.78 Å². The molecule has 0 aliphatic carbocycles. The van der Waals surface area contributed by atoms with Crippen LogP contribution in [-0.4, -0.2) is 71.6 Å². The Labute approximate surface area is 391 Å². The zero-order valence-corrected chi connectivity index (χ0v) is 37.5. The third kappa shape index (κ3) is 9.56. The molecule has 1 aromatic heterocycles. The van der Waals surface area contributed by atoms with Crippen LogP contribution in [0.1, 0.15) is 39.6 Å². The molecule has 0 spiro atoms. The van der Waals surface area contributed by atoms with Gasteiger partial charge in [0.2, 0.25) is 0 Å². The number of halogens is 3. The molecule has 0 bridgehead atoms. The Morgan fingerprint density at radius 3 is 1.82 bits per heavy atom. The van der Waals surface area contributed by atoms with Crippen molar-refractivity contribution in [1.29, 1.82) is 0 Å². The van der Waals surface area contributed by atoms with Crippen LogP contribution < -0.4 is 10.6 Å². The SMILES string of the molecule is CO/N=C(/C(=O)NC1C(=O)N2C(C(=O)OC(c3ccccc3)c3ccccc3)=C(/C=C/OS(=O)(=O)C(F)(F)F)CSC12)c1csc(NC(c2ccccc2)(c2ccccc2)c2ccccc2)n1. The maximum absolute atomic E-state index is 14.3. The molecule has 2 unspecified atom stereocenters. The van der Waals surface area contributed by atoms with E-state index in [2.05, 4.69) is 20.0 Å². The smallest absolute Gasteiger partial charge is 0.448 e. The summed E-state index contributed by atoms with van der Waals surface area (Å²) in [7, 11) is -4.80. The number of nitrogens with one attached hydrogen (secondary N) is 2. The Balaban J connectivity index is 1.07. The summed E-state index contributed by atoms with van der Waals surface area (Å²) in [5, 5.41) is 11.4. The van der Waals surface area contributed by atoms with Gasteiger partial charge < -0.3 is 24.4 Å². The summed E-state index contributed by atoms with van der Waals surface area (Å²) < 4.78 is 72.9. The van der Waals surface area contributed by atoms with Crippen molar-refractivity contribution in [3.8, 4) is 0 Å². The topological polar surface area (TPSA) is 166 Å². The number of anilines is 1. The number of β-lactam (4-membered cyclic amide) rings is 1. The number of aromatic nitrogens is 1. The average Bonchev–Trinajstić information content (AvgIpc) is 3.81. The van der Waals surface area contributed by atoms with Gasteiger partial charge in [0.15, 0.2) is 16.9 Å². The molecular formula is C48H38F3N5O8S3. The molecule has 2 aliphatic heterocycles. The number of fused-ring (bicyclic) bond motifs is 1. The molecule has 6 aromatic rings. The molecule has 0 radical (unpaired) electrons. The minimum absolute atomic E-state index is 0.0802. The van der Waals surface area contributed by atoms with Crippen molar-refractivity contribution in [3.05, 3.63) is 214 Å². The fourth-order valence-electron chi connectivity index (χ4n) is 7.63. The highest BCUT2D eigenvalue weighted by Crippen LogP contribution is 2.43. The second kappa shape index (κ2) is 19.7. The van der Waals surface area contributed by atoms with E-state index in [1.54, 1.807) is 66.0 Å². The summed E-state index contributed by atoms with van der Waals surface area (Å²) >= 11 is 2.26. The van der Waals surface area contributed by atoms with Crippen LogP contribution in [-0.2, 0) is 43.8 Å². The van der Waals surface area contributed by atoms with Gasteiger partial charge in [0.25, 0.3) is 11.8 Å². The van der Waals surface area contributed by atoms with Gasteiger partial charge in [0, 0.05) is 11.1 Å². The molecule has 5 aromatic carbocycles. The normalized spacial score (nSPS) is 16.6. The van der Waals surface area contributed by atoms with E-state index < -0.39 is 56.5 Å². The quantitative estimate of drug-likeness (QED) is 0.0140. The van der Waals surface area contributed by atoms with E-state index in [0.717, 1.165) is 39.4 Å². The van der Waals surface area contributed by atoms with Crippen molar-refractivity contribution >= 4 is 61.8 Å². The number of rotatable bonds is 16. The van der Waals surface area contributed by atoms with Gasteiger partial charge in [0.1, 0.15) is 41.7 Å². The molecule has 342 valence electrons. The highest BCUT2D eigenvalue weighted by atomic mass is 32.2. The second-order valence-corrected chi connectivity index (χ2v) is 18.3. The van der Waals surface area contributed by atoms with Crippen LogP contribution in [0.2, 0.25) is 0 Å².